The molecule has 0 bridgehead atoms. The van der Waals surface area contributed by atoms with Crippen molar-refractivity contribution in [3.05, 3.63) is 48.0 Å². The number of hydrogen-bond donors (Lipinski definition) is 1. The summed E-state index contributed by atoms with van der Waals surface area (Å²) in [4.78, 5) is 15.8. The highest BCUT2D eigenvalue weighted by Crippen LogP contribution is 2.32. The lowest BCUT2D eigenvalue weighted by atomic mass is 10.1. The molecule has 2 aromatic carbocycles. The van der Waals surface area contributed by atoms with Crippen molar-refractivity contribution < 1.29 is 14.6 Å². The minimum atomic E-state index is -1.26. The number of fused-ring (bicyclic) bond motifs is 1. The minimum absolute atomic E-state index is 0.526. The summed E-state index contributed by atoms with van der Waals surface area (Å²) in [5, 5.41) is 10.0. The van der Waals surface area contributed by atoms with E-state index >= 15 is 0 Å². The first-order valence-electron chi connectivity index (χ1n) is 7.25. The van der Waals surface area contributed by atoms with Crippen LogP contribution in [0, 0.1) is 6.92 Å². The van der Waals surface area contributed by atoms with Gasteiger partial charge in [-0.2, -0.15) is 0 Å². The molecule has 0 unspecified atom stereocenters. The number of carboxylic acids is 1. The molecule has 0 atom stereocenters. The van der Waals surface area contributed by atoms with Gasteiger partial charge >= 0.3 is 5.97 Å². The van der Waals surface area contributed by atoms with Gasteiger partial charge in [-0.1, -0.05) is 6.07 Å². The van der Waals surface area contributed by atoms with Gasteiger partial charge in [-0.25, -0.2) is 9.78 Å². The summed E-state index contributed by atoms with van der Waals surface area (Å²) in [6, 6.07) is 13.6. The molecular formula is C18H17NO3S. The molecule has 1 heterocycles. The van der Waals surface area contributed by atoms with Crippen LogP contribution in [-0.2, 0) is 4.79 Å². The maximum atomic E-state index is 11.1. The standard InChI is InChI=1S/C18H17NO3S/c1-11-4-9-15-14(10-11)19-16(23-15)12-5-7-13(8-6-12)22-18(2,3)17(20)21/h4-10H,1-3H3,(H,20,21). The van der Waals surface area contributed by atoms with Gasteiger partial charge in [-0.15, -0.1) is 11.3 Å². The first-order chi connectivity index (χ1) is 10.8. The van der Waals surface area contributed by atoms with Gasteiger partial charge in [0.2, 0.25) is 0 Å². The number of hydrogen-bond acceptors (Lipinski definition) is 4. The first kappa shape index (κ1) is 15.5. The second kappa shape index (κ2) is 5.66. The summed E-state index contributed by atoms with van der Waals surface area (Å²) >= 11 is 1.64. The normalized spacial score (nSPS) is 11.6. The molecule has 23 heavy (non-hydrogen) atoms. The van der Waals surface area contributed by atoms with Gasteiger partial charge in [0.05, 0.1) is 10.2 Å². The van der Waals surface area contributed by atoms with Crippen molar-refractivity contribution in [1.29, 1.82) is 0 Å². The lowest BCUT2D eigenvalue weighted by Gasteiger charge is -2.21. The number of thiazole rings is 1. The van der Waals surface area contributed by atoms with E-state index in [2.05, 4.69) is 30.1 Å². The fourth-order valence-electron chi connectivity index (χ4n) is 2.16. The van der Waals surface area contributed by atoms with Crippen LogP contribution in [0.2, 0.25) is 0 Å². The van der Waals surface area contributed by atoms with Crippen molar-refractivity contribution in [2.24, 2.45) is 0 Å². The van der Waals surface area contributed by atoms with Gasteiger partial charge in [0.25, 0.3) is 0 Å². The molecule has 118 valence electrons. The molecule has 0 saturated heterocycles. The van der Waals surface area contributed by atoms with Crippen LogP contribution in [0.4, 0.5) is 0 Å². The second-order valence-corrected chi connectivity index (χ2v) is 6.96. The number of nitrogens with zero attached hydrogens (tertiary/aromatic N) is 1. The maximum Gasteiger partial charge on any atom is 0.347 e. The molecule has 1 aromatic heterocycles. The number of aliphatic carboxylic acids is 1. The zero-order chi connectivity index (χ0) is 16.6. The van der Waals surface area contributed by atoms with Crippen molar-refractivity contribution in [1.82, 2.24) is 4.98 Å². The molecule has 0 aliphatic carbocycles. The fourth-order valence-corrected chi connectivity index (χ4v) is 3.12. The number of rotatable bonds is 4. The number of carbonyl (C=O) groups is 1. The highest BCUT2D eigenvalue weighted by atomic mass is 32.1. The third-order valence-electron chi connectivity index (χ3n) is 3.53. The summed E-state index contributed by atoms with van der Waals surface area (Å²) in [7, 11) is 0. The van der Waals surface area contributed by atoms with E-state index in [9.17, 15) is 4.79 Å². The quantitative estimate of drug-likeness (QED) is 0.765. The van der Waals surface area contributed by atoms with Crippen molar-refractivity contribution in [3.8, 4) is 16.3 Å². The molecule has 0 saturated carbocycles. The predicted octanol–water partition coefficient (Wildman–Crippen LogP) is 4.51. The summed E-state index contributed by atoms with van der Waals surface area (Å²) < 4.78 is 6.66. The van der Waals surface area contributed by atoms with E-state index in [4.69, 9.17) is 9.84 Å². The van der Waals surface area contributed by atoms with Gasteiger partial charge in [0.15, 0.2) is 5.60 Å². The minimum Gasteiger partial charge on any atom is -0.478 e. The maximum absolute atomic E-state index is 11.1. The van der Waals surface area contributed by atoms with E-state index in [1.54, 1.807) is 23.5 Å². The molecule has 0 radical (unpaired) electrons. The number of aryl methyl sites for hydroxylation is 1. The van der Waals surface area contributed by atoms with Crippen LogP contribution in [0.1, 0.15) is 19.4 Å². The Morgan fingerprint density at radius 3 is 2.52 bits per heavy atom. The second-order valence-electron chi connectivity index (χ2n) is 5.93. The number of ether oxygens (including phenoxy) is 1. The van der Waals surface area contributed by atoms with Crippen molar-refractivity contribution >= 4 is 27.5 Å². The summed E-state index contributed by atoms with van der Waals surface area (Å²) in [5.74, 6) is -0.471. The number of carboxylic acid groups (broad SMARTS) is 1. The lowest BCUT2D eigenvalue weighted by molar-refractivity contribution is -0.152. The molecule has 0 fully saturated rings. The van der Waals surface area contributed by atoms with E-state index in [0.717, 1.165) is 20.8 Å². The van der Waals surface area contributed by atoms with Gasteiger partial charge in [0, 0.05) is 5.56 Å². The molecule has 4 nitrogen and oxygen atoms in total. The Balaban J connectivity index is 1.87. The van der Waals surface area contributed by atoms with Gasteiger partial charge < -0.3 is 9.84 Å². The lowest BCUT2D eigenvalue weighted by Crippen LogP contribution is -2.37. The van der Waals surface area contributed by atoms with Crippen molar-refractivity contribution in [3.63, 3.8) is 0 Å². The predicted molar refractivity (Wildman–Crippen MR) is 92.1 cm³/mol. The Morgan fingerprint density at radius 2 is 1.87 bits per heavy atom. The Kier molecular flexibility index (Phi) is 3.82. The zero-order valence-corrected chi connectivity index (χ0v) is 14.0. The molecule has 3 aromatic rings. The van der Waals surface area contributed by atoms with Gasteiger partial charge in [-0.05, 0) is 62.7 Å². The van der Waals surface area contributed by atoms with Crippen LogP contribution in [0.3, 0.4) is 0 Å². The topological polar surface area (TPSA) is 59.4 Å². The largest absolute Gasteiger partial charge is 0.478 e. The molecule has 0 spiro atoms. The van der Waals surface area contributed by atoms with E-state index in [0.29, 0.717) is 5.75 Å². The Bertz CT molecular complexity index is 866. The Morgan fingerprint density at radius 1 is 1.17 bits per heavy atom. The van der Waals surface area contributed by atoms with Crippen LogP contribution >= 0.6 is 11.3 Å². The van der Waals surface area contributed by atoms with Gasteiger partial charge in [0.1, 0.15) is 10.8 Å². The van der Waals surface area contributed by atoms with Crippen LogP contribution in [-0.4, -0.2) is 21.7 Å². The highest BCUT2D eigenvalue weighted by Gasteiger charge is 2.29. The molecule has 0 aliphatic rings. The summed E-state index contributed by atoms with van der Waals surface area (Å²) in [5.41, 5.74) is 1.92. The van der Waals surface area contributed by atoms with E-state index in [-0.39, 0.29) is 0 Å². The molecular weight excluding hydrogens is 310 g/mol. The Labute approximate surface area is 138 Å². The highest BCUT2D eigenvalue weighted by molar-refractivity contribution is 7.21. The average molecular weight is 327 g/mol. The van der Waals surface area contributed by atoms with Crippen molar-refractivity contribution in [2.45, 2.75) is 26.4 Å². The average Bonchev–Trinajstić information content (AvgIpc) is 2.90. The SMILES string of the molecule is Cc1ccc2sc(-c3ccc(OC(C)(C)C(=O)O)cc3)nc2c1. The first-order valence-corrected chi connectivity index (χ1v) is 8.07. The molecule has 0 aliphatic heterocycles. The third-order valence-corrected chi connectivity index (χ3v) is 4.62. The smallest absolute Gasteiger partial charge is 0.347 e. The Hall–Kier alpha value is -2.40. The zero-order valence-electron chi connectivity index (χ0n) is 13.2. The van der Waals surface area contributed by atoms with Crippen molar-refractivity contribution in [2.75, 3.05) is 0 Å². The molecule has 3 rings (SSSR count). The monoisotopic (exact) mass is 327 g/mol. The van der Waals surface area contributed by atoms with Crippen LogP contribution in [0.15, 0.2) is 42.5 Å². The summed E-state index contributed by atoms with van der Waals surface area (Å²) in [6.07, 6.45) is 0. The molecule has 0 amide bonds. The van der Waals surface area contributed by atoms with E-state index in [1.165, 1.54) is 19.4 Å². The number of aromatic nitrogens is 1. The third kappa shape index (κ3) is 3.19. The van der Waals surface area contributed by atoms with Crippen LogP contribution in [0.25, 0.3) is 20.8 Å². The number of benzene rings is 2. The van der Waals surface area contributed by atoms with Crippen LogP contribution < -0.4 is 4.74 Å². The summed E-state index contributed by atoms with van der Waals surface area (Å²) in [6.45, 7) is 5.10. The van der Waals surface area contributed by atoms with E-state index in [1.807, 2.05) is 12.1 Å². The molecule has 5 heteroatoms. The molecule has 1 N–H and O–H groups in total. The van der Waals surface area contributed by atoms with E-state index < -0.39 is 11.6 Å². The van der Waals surface area contributed by atoms with Gasteiger partial charge in [-0.3, -0.25) is 0 Å². The fraction of sp³-hybridized carbons (Fsp3) is 0.222. The van der Waals surface area contributed by atoms with Crippen LogP contribution in [0.5, 0.6) is 5.75 Å².